The molecule has 0 saturated heterocycles. The maximum absolute atomic E-state index is 13.4. The molecule has 0 fully saturated rings. The summed E-state index contributed by atoms with van der Waals surface area (Å²) in [6.07, 6.45) is -1.11. The maximum atomic E-state index is 13.4. The van der Waals surface area contributed by atoms with E-state index < -0.39 is 12.3 Å². The summed E-state index contributed by atoms with van der Waals surface area (Å²) in [5, 5.41) is 9.45. The highest BCUT2D eigenvalue weighted by molar-refractivity contribution is 5.51. The van der Waals surface area contributed by atoms with Crippen molar-refractivity contribution in [2.24, 2.45) is 0 Å². The molecule has 3 nitrogen and oxygen atoms in total. The Morgan fingerprint density at radius 1 is 1.29 bits per heavy atom. The third kappa shape index (κ3) is 2.69. The van der Waals surface area contributed by atoms with Crippen molar-refractivity contribution in [3.63, 3.8) is 0 Å². The van der Waals surface area contributed by atoms with Crippen LogP contribution in [0.4, 0.5) is 4.39 Å². The zero-order valence-electron chi connectivity index (χ0n) is 10.1. The first-order valence-corrected chi connectivity index (χ1v) is 5.82. The monoisotopic (exact) mass is 240 g/mol. The first-order chi connectivity index (χ1) is 8.08. The van der Waals surface area contributed by atoms with Gasteiger partial charge in [0, 0.05) is 12.0 Å². The molecule has 0 aliphatic carbocycles. The van der Waals surface area contributed by atoms with E-state index in [0.717, 1.165) is 5.56 Å². The summed E-state index contributed by atoms with van der Waals surface area (Å²) in [6, 6.07) is 3.41. The minimum atomic E-state index is -1.06. The molecule has 2 rings (SSSR count). The van der Waals surface area contributed by atoms with Gasteiger partial charge in [-0.1, -0.05) is 0 Å². The van der Waals surface area contributed by atoms with Crippen LogP contribution in [-0.4, -0.2) is 24.4 Å². The SMILES string of the molecule is CC(O)Cc1cc(C(C)F)cc2c1OCCO2. The standard InChI is InChI=1S/C13H17FO3/c1-8(15)5-11-6-10(9(2)14)7-12-13(11)17-4-3-16-12/h6-9,15H,3-5H2,1-2H3. The predicted molar refractivity (Wildman–Crippen MR) is 62.3 cm³/mol. The van der Waals surface area contributed by atoms with E-state index in [1.807, 2.05) is 0 Å². The number of rotatable bonds is 3. The zero-order valence-corrected chi connectivity index (χ0v) is 10.1. The molecule has 0 aromatic heterocycles. The fourth-order valence-electron chi connectivity index (χ4n) is 1.95. The smallest absolute Gasteiger partial charge is 0.164 e. The largest absolute Gasteiger partial charge is 0.486 e. The Balaban J connectivity index is 2.42. The van der Waals surface area contributed by atoms with Gasteiger partial charge in [-0.3, -0.25) is 0 Å². The van der Waals surface area contributed by atoms with E-state index in [1.54, 1.807) is 19.1 Å². The van der Waals surface area contributed by atoms with Gasteiger partial charge in [-0.15, -0.1) is 0 Å². The van der Waals surface area contributed by atoms with Gasteiger partial charge in [0.05, 0.1) is 6.10 Å². The average molecular weight is 240 g/mol. The fourth-order valence-corrected chi connectivity index (χ4v) is 1.95. The summed E-state index contributed by atoms with van der Waals surface area (Å²) in [6.45, 7) is 4.15. The number of aliphatic hydroxyl groups is 1. The van der Waals surface area contributed by atoms with Crippen LogP contribution < -0.4 is 9.47 Å². The molecule has 1 aliphatic heterocycles. The van der Waals surface area contributed by atoms with Gasteiger partial charge >= 0.3 is 0 Å². The number of ether oxygens (including phenoxy) is 2. The first kappa shape index (κ1) is 12.2. The summed E-state index contributed by atoms with van der Waals surface area (Å²) < 4.78 is 24.4. The molecule has 0 bridgehead atoms. The number of hydrogen-bond donors (Lipinski definition) is 1. The van der Waals surface area contributed by atoms with Crippen molar-refractivity contribution >= 4 is 0 Å². The topological polar surface area (TPSA) is 38.7 Å². The molecule has 17 heavy (non-hydrogen) atoms. The summed E-state index contributed by atoms with van der Waals surface area (Å²) in [7, 11) is 0. The zero-order chi connectivity index (χ0) is 12.4. The van der Waals surface area contributed by atoms with Crippen LogP contribution in [-0.2, 0) is 6.42 Å². The van der Waals surface area contributed by atoms with Crippen LogP contribution in [0.1, 0.15) is 31.1 Å². The molecule has 0 radical (unpaired) electrons. The first-order valence-electron chi connectivity index (χ1n) is 5.82. The average Bonchev–Trinajstić information content (AvgIpc) is 2.28. The van der Waals surface area contributed by atoms with E-state index in [4.69, 9.17) is 9.47 Å². The second kappa shape index (κ2) is 4.92. The van der Waals surface area contributed by atoms with Crippen molar-refractivity contribution in [2.75, 3.05) is 13.2 Å². The second-order valence-electron chi connectivity index (χ2n) is 4.37. The lowest BCUT2D eigenvalue weighted by molar-refractivity contribution is 0.163. The summed E-state index contributed by atoms with van der Waals surface area (Å²) in [5.41, 5.74) is 1.36. The fraction of sp³-hybridized carbons (Fsp3) is 0.538. The Kier molecular flexibility index (Phi) is 3.52. The van der Waals surface area contributed by atoms with Gasteiger partial charge < -0.3 is 14.6 Å². The van der Waals surface area contributed by atoms with Gasteiger partial charge in [-0.05, 0) is 31.5 Å². The summed E-state index contributed by atoms with van der Waals surface area (Å²) in [5.74, 6) is 1.22. The highest BCUT2D eigenvalue weighted by Crippen LogP contribution is 2.38. The second-order valence-corrected chi connectivity index (χ2v) is 4.37. The van der Waals surface area contributed by atoms with Gasteiger partial charge in [-0.25, -0.2) is 4.39 Å². The Morgan fingerprint density at radius 2 is 2.00 bits per heavy atom. The van der Waals surface area contributed by atoms with Crippen LogP contribution >= 0.6 is 0 Å². The van der Waals surface area contributed by atoms with Crippen molar-refractivity contribution in [1.82, 2.24) is 0 Å². The third-order valence-corrected chi connectivity index (χ3v) is 2.72. The Labute approximate surface area is 100 Å². The van der Waals surface area contributed by atoms with Crippen LogP contribution in [0.5, 0.6) is 11.5 Å². The van der Waals surface area contributed by atoms with Gasteiger partial charge in [0.2, 0.25) is 0 Å². The molecule has 1 heterocycles. The van der Waals surface area contributed by atoms with Crippen molar-refractivity contribution in [2.45, 2.75) is 32.5 Å². The van der Waals surface area contributed by atoms with Gasteiger partial charge in [0.15, 0.2) is 11.5 Å². The van der Waals surface area contributed by atoms with Gasteiger partial charge in [-0.2, -0.15) is 0 Å². The number of alkyl halides is 1. The number of aliphatic hydroxyl groups excluding tert-OH is 1. The Morgan fingerprint density at radius 3 is 2.65 bits per heavy atom. The molecule has 0 spiro atoms. The van der Waals surface area contributed by atoms with E-state index in [2.05, 4.69) is 0 Å². The predicted octanol–water partition coefficient (Wildman–Crippen LogP) is 2.41. The van der Waals surface area contributed by atoms with Crippen LogP contribution in [0.25, 0.3) is 0 Å². The van der Waals surface area contributed by atoms with Crippen LogP contribution in [0.15, 0.2) is 12.1 Å². The molecule has 0 saturated carbocycles. The van der Waals surface area contributed by atoms with Crippen LogP contribution in [0.3, 0.4) is 0 Å². The highest BCUT2D eigenvalue weighted by Gasteiger charge is 2.20. The van der Waals surface area contributed by atoms with E-state index in [-0.39, 0.29) is 0 Å². The molecule has 1 N–H and O–H groups in total. The number of benzene rings is 1. The third-order valence-electron chi connectivity index (χ3n) is 2.72. The quantitative estimate of drug-likeness (QED) is 0.881. The number of fused-ring (bicyclic) bond motifs is 1. The van der Waals surface area contributed by atoms with Gasteiger partial charge in [0.1, 0.15) is 19.4 Å². The molecule has 0 amide bonds. The van der Waals surface area contributed by atoms with E-state index >= 15 is 0 Å². The van der Waals surface area contributed by atoms with E-state index in [1.165, 1.54) is 6.92 Å². The molecular formula is C13H17FO3. The Bertz CT molecular complexity index is 402. The van der Waals surface area contributed by atoms with Crippen molar-refractivity contribution < 1.29 is 19.0 Å². The minimum absolute atomic E-state index is 0.437. The van der Waals surface area contributed by atoms with Crippen molar-refractivity contribution in [3.05, 3.63) is 23.3 Å². The van der Waals surface area contributed by atoms with E-state index in [9.17, 15) is 9.50 Å². The molecular weight excluding hydrogens is 223 g/mol. The van der Waals surface area contributed by atoms with Crippen molar-refractivity contribution in [1.29, 1.82) is 0 Å². The normalized spacial score (nSPS) is 17.6. The maximum Gasteiger partial charge on any atom is 0.164 e. The minimum Gasteiger partial charge on any atom is -0.486 e. The molecule has 2 atom stereocenters. The summed E-state index contributed by atoms with van der Waals surface area (Å²) >= 11 is 0. The van der Waals surface area contributed by atoms with Crippen LogP contribution in [0.2, 0.25) is 0 Å². The van der Waals surface area contributed by atoms with Gasteiger partial charge in [0.25, 0.3) is 0 Å². The lowest BCUT2D eigenvalue weighted by Gasteiger charge is -2.23. The molecule has 4 heteroatoms. The molecule has 2 unspecified atom stereocenters. The number of halogens is 1. The van der Waals surface area contributed by atoms with Crippen molar-refractivity contribution in [3.8, 4) is 11.5 Å². The molecule has 1 aromatic carbocycles. The molecule has 94 valence electrons. The molecule has 1 aliphatic rings. The summed E-state index contributed by atoms with van der Waals surface area (Å²) in [4.78, 5) is 0. The highest BCUT2D eigenvalue weighted by atomic mass is 19.1. The van der Waals surface area contributed by atoms with E-state index in [0.29, 0.717) is 36.7 Å². The Hall–Kier alpha value is -1.29. The van der Waals surface area contributed by atoms with Crippen LogP contribution in [0, 0.1) is 0 Å². The lowest BCUT2D eigenvalue weighted by Crippen LogP contribution is -2.18. The number of hydrogen-bond acceptors (Lipinski definition) is 3. The molecule has 1 aromatic rings. The lowest BCUT2D eigenvalue weighted by atomic mass is 10.0.